The summed E-state index contributed by atoms with van der Waals surface area (Å²) in [6, 6.07) is 0.345. The Hall–Kier alpha value is -0.720. The Morgan fingerprint density at radius 3 is 2.29 bits per heavy atom. The van der Waals surface area contributed by atoms with Gasteiger partial charge in [-0.1, -0.05) is 12.7 Å². The molecule has 0 bridgehead atoms. The monoisotopic (exact) mass is 97.1 g/mol. The van der Waals surface area contributed by atoms with Gasteiger partial charge >= 0.3 is 0 Å². The lowest BCUT2D eigenvalue weighted by atomic mass is 10.3. The Labute approximate surface area is 44.7 Å². The van der Waals surface area contributed by atoms with Crippen LogP contribution in [-0.4, -0.2) is 6.04 Å². The van der Waals surface area contributed by atoms with Crippen LogP contribution in [0.5, 0.6) is 0 Å². The largest absolute Gasteiger partial charge is 0.385 e. The average molecular weight is 97.2 g/mol. The molecule has 0 rings (SSSR count). The van der Waals surface area contributed by atoms with Gasteiger partial charge in [-0.25, -0.2) is 0 Å². The third-order valence-corrected chi connectivity index (χ3v) is 0.734. The summed E-state index contributed by atoms with van der Waals surface area (Å²) in [5.41, 5.74) is 0. The Balaban J connectivity index is 3.15. The lowest BCUT2D eigenvalue weighted by molar-refractivity contribution is 0.773. The third-order valence-electron chi connectivity index (χ3n) is 0.734. The Bertz CT molecular complexity index is 66.6. The van der Waals surface area contributed by atoms with Gasteiger partial charge < -0.3 is 5.32 Å². The molecule has 0 aliphatic heterocycles. The van der Waals surface area contributed by atoms with Gasteiger partial charge in [0.05, 0.1) is 0 Å². The maximum Gasteiger partial charge on any atom is 0.0407 e. The van der Waals surface area contributed by atoms with E-state index in [-0.39, 0.29) is 0 Å². The van der Waals surface area contributed by atoms with Crippen LogP contribution in [0.2, 0.25) is 0 Å². The summed E-state index contributed by atoms with van der Waals surface area (Å²) < 4.78 is 0. The highest BCUT2D eigenvalue weighted by atomic mass is 14.9. The lowest BCUT2D eigenvalue weighted by Crippen LogP contribution is -2.15. The van der Waals surface area contributed by atoms with Crippen molar-refractivity contribution in [1.82, 2.24) is 5.32 Å². The summed E-state index contributed by atoms with van der Waals surface area (Å²) in [4.78, 5) is 0. The molecule has 0 amide bonds. The Morgan fingerprint density at radius 1 is 1.57 bits per heavy atom. The molecule has 0 unspecified atom stereocenters. The minimum Gasteiger partial charge on any atom is -0.385 e. The molecule has 0 aromatic heterocycles. The summed E-state index contributed by atoms with van der Waals surface area (Å²) in [6.45, 7) is 9.07. The first-order chi connectivity index (χ1) is 3.31. The van der Waals surface area contributed by atoms with E-state index < -0.39 is 0 Å². The molecule has 1 atom stereocenters. The van der Waals surface area contributed by atoms with Crippen molar-refractivity contribution in [3.63, 3.8) is 0 Å². The van der Waals surface area contributed by atoms with Crippen LogP contribution in [0.3, 0.4) is 0 Å². The van der Waals surface area contributed by atoms with E-state index in [2.05, 4.69) is 18.5 Å². The zero-order chi connectivity index (χ0) is 5.70. The minimum atomic E-state index is 0.345. The molecule has 0 radical (unpaired) electrons. The molecule has 0 aromatic carbocycles. The second-order valence-corrected chi connectivity index (χ2v) is 1.40. The van der Waals surface area contributed by atoms with Crippen LogP contribution >= 0.6 is 0 Å². The van der Waals surface area contributed by atoms with Crippen LogP contribution in [0.15, 0.2) is 25.4 Å². The first-order valence-electron chi connectivity index (χ1n) is 2.30. The van der Waals surface area contributed by atoms with E-state index in [1.165, 1.54) is 0 Å². The van der Waals surface area contributed by atoms with E-state index in [0.717, 1.165) is 0 Å². The second kappa shape index (κ2) is 3.47. The average Bonchev–Trinajstić information content (AvgIpc) is 1.68. The molecular weight excluding hydrogens is 86.1 g/mol. The smallest absolute Gasteiger partial charge is 0.0407 e. The van der Waals surface area contributed by atoms with Crippen LogP contribution in [0.25, 0.3) is 0 Å². The fourth-order valence-electron chi connectivity index (χ4n) is 0.254. The molecule has 0 aromatic rings. The van der Waals surface area contributed by atoms with Crippen molar-refractivity contribution in [3.8, 4) is 0 Å². The highest BCUT2D eigenvalue weighted by Crippen LogP contribution is 1.77. The summed E-state index contributed by atoms with van der Waals surface area (Å²) in [5, 5.41) is 2.94. The van der Waals surface area contributed by atoms with Crippen molar-refractivity contribution in [3.05, 3.63) is 25.4 Å². The summed E-state index contributed by atoms with van der Waals surface area (Å²) >= 11 is 0. The predicted octanol–water partition coefficient (Wildman–Crippen LogP) is 1.29. The summed E-state index contributed by atoms with van der Waals surface area (Å²) in [6.07, 6.45) is 3.48. The molecule has 1 N–H and O–H groups in total. The quantitative estimate of drug-likeness (QED) is 0.523. The maximum atomic E-state index is 3.57. The van der Waals surface area contributed by atoms with E-state index in [1.807, 2.05) is 13.0 Å². The molecule has 40 valence electrons. The van der Waals surface area contributed by atoms with Crippen molar-refractivity contribution in [2.75, 3.05) is 0 Å². The van der Waals surface area contributed by atoms with Gasteiger partial charge in [-0.3, -0.25) is 0 Å². The fourth-order valence-corrected chi connectivity index (χ4v) is 0.254. The van der Waals surface area contributed by atoms with E-state index in [4.69, 9.17) is 0 Å². The first kappa shape index (κ1) is 6.28. The zero-order valence-corrected chi connectivity index (χ0v) is 4.65. The second-order valence-electron chi connectivity index (χ2n) is 1.40. The van der Waals surface area contributed by atoms with Gasteiger partial charge in [0.15, 0.2) is 0 Å². The molecule has 0 spiro atoms. The molecule has 1 nitrogen and oxygen atoms in total. The number of hydrogen-bond acceptors (Lipinski definition) is 1. The van der Waals surface area contributed by atoms with Crippen LogP contribution in [-0.2, 0) is 0 Å². The molecule has 0 aliphatic rings. The molecule has 1 heteroatoms. The highest BCUT2D eigenvalue weighted by Gasteiger charge is 1.83. The number of rotatable bonds is 3. The van der Waals surface area contributed by atoms with E-state index in [9.17, 15) is 0 Å². The maximum absolute atomic E-state index is 3.57. The topological polar surface area (TPSA) is 12.0 Å². The summed E-state index contributed by atoms with van der Waals surface area (Å²) in [5.74, 6) is 0. The van der Waals surface area contributed by atoms with Gasteiger partial charge in [0.2, 0.25) is 0 Å². The van der Waals surface area contributed by atoms with Gasteiger partial charge in [-0.05, 0) is 13.1 Å². The lowest BCUT2D eigenvalue weighted by Gasteiger charge is -2.01. The first-order valence-corrected chi connectivity index (χ1v) is 2.30. The van der Waals surface area contributed by atoms with Crippen molar-refractivity contribution in [1.29, 1.82) is 0 Å². The highest BCUT2D eigenvalue weighted by molar-refractivity contribution is 4.84. The SMILES string of the molecule is C=CN[C@@H](C)C=C. The molecular formula is C6H11N. The third kappa shape index (κ3) is 3.10. The van der Waals surface area contributed by atoms with Gasteiger partial charge in [-0.2, -0.15) is 0 Å². The van der Waals surface area contributed by atoms with E-state index >= 15 is 0 Å². The minimum absolute atomic E-state index is 0.345. The van der Waals surface area contributed by atoms with Crippen molar-refractivity contribution in [2.24, 2.45) is 0 Å². The molecule has 0 fully saturated rings. The van der Waals surface area contributed by atoms with Crippen LogP contribution in [0.4, 0.5) is 0 Å². The molecule has 0 saturated carbocycles. The Morgan fingerprint density at radius 2 is 2.14 bits per heavy atom. The van der Waals surface area contributed by atoms with E-state index in [1.54, 1.807) is 6.20 Å². The summed E-state index contributed by atoms with van der Waals surface area (Å²) in [7, 11) is 0. The number of nitrogens with one attached hydrogen (secondary N) is 1. The number of hydrogen-bond donors (Lipinski definition) is 1. The van der Waals surface area contributed by atoms with Crippen molar-refractivity contribution in [2.45, 2.75) is 13.0 Å². The van der Waals surface area contributed by atoms with Gasteiger partial charge in [0.1, 0.15) is 0 Å². The molecule has 0 aliphatic carbocycles. The molecule has 0 saturated heterocycles. The van der Waals surface area contributed by atoms with Crippen LogP contribution in [0.1, 0.15) is 6.92 Å². The molecule has 0 heterocycles. The van der Waals surface area contributed by atoms with Gasteiger partial charge in [0.25, 0.3) is 0 Å². The molecule has 7 heavy (non-hydrogen) atoms. The van der Waals surface area contributed by atoms with Crippen molar-refractivity contribution >= 4 is 0 Å². The van der Waals surface area contributed by atoms with Gasteiger partial charge in [-0.15, -0.1) is 6.58 Å². The zero-order valence-electron chi connectivity index (χ0n) is 4.65. The Kier molecular flexibility index (Phi) is 3.11. The normalized spacial score (nSPS) is 12.1. The van der Waals surface area contributed by atoms with Gasteiger partial charge in [0, 0.05) is 6.04 Å². The van der Waals surface area contributed by atoms with E-state index in [0.29, 0.717) is 6.04 Å². The van der Waals surface area contributed by atoms with Crippen molar-refractivity contribution < 1.29 is 0 Å². The fraction of sp³-hybridized carbons (Fsp3) is 0.333. The van der Waals surface area contributed by atoms with Crippen LogP contribution in [0, 0.1) is 0 Å². The predicted molar refractivity (Wildman–Crippen MR) is 33.0 cm³/mol. The van der Waals surface area contributed by atoms with Crippen LogP contribution < -0.4 is 5.32 Å². The standard InChI is InChI=1S/C6H11N/c1-4-6(3)7-5-2/h4-7H,1-2H2,3H3/t6-/m0/s1.